The van der Waals surface area contributed by atoms with Gasteiger partial charge in [0.25, 0.3) is 0 Å². The van der Waals surface area contributed by atoms with Gasteiger partial charge in [0.15, 0.2) is 0 Å². The highest BCUT2D eigenvalue weighted by atomic mass is 14.5. The van der Waals surface area contributed by atoms with E-state index in [-0.39, 0.29) is 0 Å². The Balaban J connectivity index is 2.28. The van der Waals surface area contributed by atoms with Gasteiger partial charge >= 0.3 is 0 Å². The smallest absolute Gasteiger partial charge is 0.0603 e. The molecule has 2 aliphatic rings. The van der Waals surface area contributed by atoms with E-state index in [2.05, 4.69) is 28.6 Å². The molecule has 3 atom stereocenters. The molecule has 0 radical (unpaired) electrons. The SMILES string of the molecule is BC1(C(C)(C)C)CCCCC2CCCCCC21. The molecule has 0 aliphatic heterocycles. The van der Waals surface area contributed by atoms with Gasteiger partial charge < -0.3 is 0 Å². The van der Waals surface area contributed by atoms with Crippen LogP contribution in [0.15, 0.2) is 0 Å². The first-order chi connectivity index (χ1) is 7.95. The summed E-state index contributed by atoms with van der Waals surface area (Å²) < 4.78 is 0. The summed E-state index contributed by atoms with van der Waals surface area (Å²) in [6.45, 7) is 7.46. The van der Waals surface area contributed by atoms with Gasteiger partial charge in [-0.3, -0.25) is 0 Å². The average Bonchev–Trinajstić information content (AvgIpc) is 2.54. The Morgan fingerprint density at radius 2 is 1.47 bits per heavy atom. The van der Waals surface area contributed by atoms with Crippen LogP contribution in [0.3, 0.4) is 0 Å². The van der Waals surface area contributed by atoms with E-state index >= 15 is 0 Å². The minimum absolute atomic E-state index is 0.477. The quantitative estimate of drug-likeness (QED) is 0.537. The number of rotatable bonds is 0. The zero-order chi connectivity index (χ0) is 12.5. The number of hydrogen-bond donors (Lipinski definition) is 0. The topological polar surface area (TPSA) is 0 Å². The van der Waals surface area contributed by atoms with Crippen LogP contribution in [0.5, 0.6) is 0 Å². The molecule has 0 aromatic carbocycles. The zero-order valence-corrected chi connectivity index (χ0v) is 12.5. The van der Waals surface area contributed by atoms with Crippen LogP contribution in [-0.4, -0.2) is 7.85 Å². The van der Waals surface area contributed by atoms with Crippen molar-refractivity contribution in [1.29, 1.82) is 0 Å². The largest absolute Gasteiger partial charge is 0.110 e. The summed E-state index contributed by atoms with van der Waals surface area (Å²) in [5, 5.41) is 0.582. The van der Waals surface area contributed by atoms with E-state index in [0.717, 1.165) is 11.8 Å². The Kier molecular flexibility index (Phi) is 3.95. The molecule has 2 rings (SSSR count). The van der Waals surface area contributed by atoms with E-state index in [9.17, 15) is 0 Å². The van der Waals surface area contributed by atoms with Gasteiger partial charge in [0.2, 0.25) is 0 Å². The summed E-state index contributed by atoms with van der Waals surface area (Å²) in [6.07, 6.45) is 13.5. The lowest BCUT2D eigenvalue weighted by molar-refractivity contribution is 0.123. The van der Waals surface area contributed by atoms with Gasteiger partial charge in [0, 0.05) is 0 Å². The lowest BCUT2D eigenvalue weighted by Gasteiger charge is -2.50. The summed E-state index contributed by atoms with van der Waals surface area (Å²) in [5.74, 6) is 2.05. The fourth-order valence-electron chi connectivity index (χ4n) is 4.58. The first-order valence-electron chi connectivity index (χ1n) is 7.95. The van der Waals surface area contributed by atoms with Crippen molar-refractivity contribution in [2.24, 2.45) is 17.3 Å². The van der Waals surface area contributed by atoms with Crippen LogP contribution >= 0.6 is 0 Å². The minimum atomic E-state index is 0.477. The van der Waals surface area contributed by atoms with Crippen LogP contribution in [-0.2, 0) is 0 Å². The minimum Gasteiger partial charge on any atom is -0.0603 e. The second kappa shape index (κ2) is 4.98. The van der Waals surface area contributed by atoms with Crippen LogP contribution in [0.25, 0.3) is 0 Å². The second-order valence-electron chi connectivity index (χ2n) is 7.92. The molecule has 3 unspecified atom stereocenters. The highest BCUT2D eigenvalue weighted by Crippen LogP contribution is 2.60. The molecule has 0 nitrogen and oxygen atoms in total. The monoisotopic (exact) mass is 234 g/mol. The Morgan fingerprint density at radius 1 is 0.882 bits per heavy atom. The molecule has 0 saturated heterocycles. The summed E-state index contributed by atoms with van der Waals surface area (Å²) >= 11 is 0. The molecule has 0 aromatic rings. The molecule has 2 saturated carbocycles. The van der Waals surface area contributed by atoms with E-state index in [1.165, 1.54) is 57.8 Å². The molecule has 1 heteroatoms. The van der Waals surface area contributed by atoms with E-state index in [1.54, 1.807) is 0 Å². The molecule has 0 amide bonds. The lowest BCUT2D eigenvalue weighted by atomic mass is 9.45. The third-order valence-corrected chi connectivity index (χ3v) is 6.21. The van der Waals surface area contributed by atoms with Crippen molar-refractivity contribution in [3.05, 3.63) is 0 Å². The predicted octanol–water partition coefficient (Wildman–Crippen LogP) is 4.59. The Hall–Kier alpha value is 0.0649. The van der Waals surface area contributed by atoms with Gasteiger partial charge in [0.05, 0.1) is 0 Å². The number of fused-ring (bicyclic) bond motifs is 1. The maximum atomic E-state index is 2.61. The molecule has 98 valence electrons. The van der Waals surface area contributed by atoms with Gasteiger partial charge in [-0.2, -0.15) is 0 Å². The third-order valence-electron chi connectivity index (χ3n) is 6.21. The van der Waals surface area contributed by atoms with E-state index in [4.69, 9.17) is 0 Å². The van der Waals surface area contributed by atoms with Crippen molar-refractivity contribution in [3.8, 4) is 0 Å². The molecule has 0 aromatic heterocycles. The Morgan fingerprint density at radius 3 is 2.12 bits per heavy atom. The highest BCUT2D eigenvalue weighted by Gasteiger charge is 2.47. The lowest BCUT2D eigenvalue weighted by Crippen LogP contribution is -2.38. The standard InChI is InChI=1S/C16H31B/c1-15(2,3)16(17)12-8-7-10-13-9-5-4-6-11-14(13)16/h13-14H,4-12,17H2,1-3H3. The van der Waals surface area contributed by atoms with Crippen LogP contribution < -0.4 is 0 Å². The van der Waals surface area contributed by atoms with Crippen molar-refractivity contribution >= 4 is 7.85 Å². The summed E-state index contributed by atoms with van der Waals surface area (Å²) in [4.78, 5) is 0. The van der Waals surface area contributed by atoms with Crippen molar-refractivity contribution in [3.63, 3.8) is 0 Å². The molecule has 0 spiro atoms. The molecule has 2 fully saturated rings. The molecule has 0 N–H and O–H groups in total. The van der Waals surface area contributed by atoms with Crippen molar-refractivity contribution in [1.82, 2.24) is 0 Å². The molecule has 2 aliphatic carbocycles. The second-order valence-corrected chi connectivity index (χ2v) is 7.92. The molecule has 0 bridgehead atoms. The van der Waals surface area contributed by atoms with Crippen LogP contribution in [0, 0.1) is 17.3 Å². The van der Waals surface area contributed by atoms with Gasteiger partial charge in [0.1, 0.15) is 7.85 Å². The van der Waals surface area contributed by atoms with Crippen LogP contribution in [0.4, 0.5) is 0 Å². The van der Waals surface area contributed by atoms with Crippen molar-refractivity contribution in [2.75, 3.05) is 0 Å². The zero-order valence-electron chi connectivity index (χ0n) is 12.5. The maximum absolute atomic E-state index is 2.61. The first kappa shape index (κ1) is 13.5. The van der Waals surface area contributed by atoms with Gasteiger partial charge in [-0.25, -0.2) is 0 Å². The maximum Gasteiger partial charge on any atom is 0.110 e. The van der Waals surface area contributed by atoms with Crippen molar-refractivity contribution < 1.29 is 0 Å². The van der Waals surface area contributed by atoms with Gasteiger partial charge in [-0.05, 0) is 17.3 Å². The van der Waals surface area contributed by atoms with E-state index < -0.39 is 0 Å². The average molecular weight is 234 g/mol. The molecular formula is C16H31B. The molecule has 17 heavy (non-hydrogen) atoms. The van der Waals surface area contributed by atoms with Crippen LogP contribution in [0.1, 0.15) is 78.6 Å². The normalized spacial score (nSPS) is 40.2. The summed E-state index contributed by atoms with van der Waals surface area (Å²) in [5.41, 5.74) is 0.477. The first-order valence-corrected chi connectivity index (χ1v) is 7.95. The van der Waals surface area contributed by atoms with E-state index in [0.29, 0.717) is 10.7 Å². The predicted molar refractivity (Wildman–Crippen MR) is 79.2 cm³/mol. The third kappa shape index (κ3) is 2.58. The summed E-state index contributed by atoms with van der Waals surface area (Å²) in [6, 6.07) is 0. The van der Waals surface area contributed by atoms with Gasteiger partial charge in [-0.1, -0.05) is 83.9 Å². The van der Waals surface area contributed by atoms with E-state index in [1.807, 2.05) is 0 Å². The fraction of sp³-hybridized carbons (Fsp3) is 1.00. The summed E-state index contributed by atoms with van der Waals surface area (Å²) in [7, 11) is 2.61. The Labute approximate surface area is 109 Å². The Bertz CT molecular complexity index is 251. The van der Waals surface area contributed by atoms with Crippen molar-refractivity contribution in [2.45, 2.75) is 83.9 Å². The molecule has 0 heterocycles. The molecular weight excluding hydrogens is 203 g/mol. The van der Waals surface area contributed by atoms with Gasteiger partial charge in [-0.15, -0.1) is 0 Å². The van der Waals surface area contributed by atoms with Crippen LogP contribution in [0.2, 0.25) is 5.31 Å². The number of hydrogen-bond acceptors (Lipinski definition) is 0. The fourth-order valence-corrected chi connectivity index (χ4v) is 4.58. The highest BCUT2D eigenvalue weighted by molar-refractivity contribution is 6.16.